The molecule has 1 rings (SSSR count). The van der Waals surface area contributed by atoms with Crippen LogP contribution < -0.4 is 5.73 Å². The predicted molar refractivity (Wildman–Crippen MR) is 54.5 cm³/mol. The zero-order valence-corrected chi connectivity index (χ0v) is 9.08. The van der Waals surface area contributed by atoms with Crippen molar-refractivity contribution in [1.82, 2.24) is 14.8 Å². The summed E-state index contributed by atoms with van der Waals surface area (Å²) in [5.41, 5.74) is 5.90. The van der Waals surface area contributed by atoms with Gasteiger partial charge in [-0.25, -0.2) is 0 Å². The van der Waals surface area contributed by atoms with E-state index in [0.29, 0.717) is 5.92 Å². The molecule has 74 valence electrons. The molecule has 0 aromatic carbocycles. The van der Waals surface area contributed by atoms with Gasteiger partial charge < -0.3 is 10.3 Å². The summed E-state index contributed by atoms with van der Waals surface area (Å²) in [6.07, 6.45) is 1.70. The van der Waals surface area contributed by atoms with Crippen LogP contribution in [0.4, 0.5) is 0 Å². The van der Waals surface area contributed by atoms with E-state index in [-0.39, 0.29) is 6.04 Å². The van der Waals surface area contributed by atoms with Gasteiger partial charge in [-0.05, 0) is 5.92 Å². The highest BCUT2D eigenvalue weighted by molar-refractivity contribution is 7.99. The highest BCUT2D eigenvalue weighted by Crippen LogP contribution is 2.16. The van der Waals surface area contributed by atoms with Crippen molar-refractivity contribution in [3.8, 4) is 0 Å². The molecule has 2 N–H and O–H groups in total. The topological polar surface area (TPSA) is 56.7 Å². The van der Waals surface area contributed by atoms with Crippen LogP contribution in [0.3, 0.4) is 0 Å². The lowest BCUT2D eigenvalue weighted by Crippen LogP contribution is -2.28. The molecule has 1 atom stereocenters. The Balaban J connectivity index is 2.39. The highest BCUT2D eigenvalue weighted by atomic mass is 32.2. The van der Waals surface area contributed by atoms with Gasteiger partial charge in [0.15, 0.2) is 5.16 Å². The molecule has 1 heterocycles. The number of aryl methyl sites for hydroxylation is 1. The second-order valence-electron chi connectivity index (χ2n) is 3.44. The third-order valence-corrected chi connectivity index (χ3v) is 3.11. The number of thioether (sulfide) groups is 1. The average Bonchev–Trinajstić information content (AvgIpc) is 2.47. The first kappa shape index (κ1) is 10.5. The van der Waals surface area contributed by atoms with Crippen LogP contribution in [0.2, 0.25) is 0 Å². The Bertz CT molecular complexity index is 258. The van der Waals surface area contributed by atoms with Gasteiger partial charge in [0.05, 0.1) is 0 Å². The average molecular weight is 200 g/mol. The van der Waals surface area contributed by atoms with E-state index < -0.39 is 0 Å². The third-order valence-electron chi connectivity index (χ3n) is 1.93. The van der Waals surface area contributed by atoms with Crippen molar-refractivity contribution in [2.45, 2.75) is 25.0 Å². The molecule has 0 radical (unpaired) electrons. The van der Waals surface area contributed by atoms with Crippen molar-refractivity contribution in [3.05, 3.63) is 6.33 Å². The normalized spacial score (nSPS) is 13.6. The minimum Gasteiger partial charge on any atom is -0.327 e. The minimum atomic E-state index is 0.224. The second-order valence-corrected chi connectivity index (χ2v) is 4.43. The molecule has 1 aromatic heterocycles. The van der Waals surface area contributed by atoms with Crippen LogP contribution in [0.25, 0.3) is 0 Å². The Morgan fingerprint density at radius 3 is 2.77 bits per heavy atom. The largest absolute Gasteiger partial charge is 0.327 e. The van der Waals surface area contributed by atoms with Gasteiger partial charge in [0.25, 0.3) is 0 Å². The summed E-state index contributed by atoms with van der Waals surface area (Å²) < 4.78 is 1.90. The van der Waals surface area contributed by atoms with Crippen LogP contribution in [0.15, 0.2) is 11.5 Å². The van der Waals surface area contributed by atoms with Gasteiger partial charge in [-0.3, -0.25) is 0 Å². The number of nitrogens with two attached hydrogens (primary N) is 1. The fraction of sp³-hybridized carbons (Fsp3) is 0.750. The Hall–Kier alpha value is -0.550. The van der Waals surface area contributed by atoms with E-state index in [4.69, 9.17) is 5.73 Å². The summed E-state index contributed by atoms with van der Waals surface area (Å²) in [5.74, 6) is 1.41. The number of hydrogen-bond acceptors (Lipinski definition) is 4. The van der Waals surface area contributed by atoms with E-state index in [1.165, 1.54) is 0 Å². The first-order valence-corrected chi connectivity index (χ1v) is 5.32. The van der Waals surface area contributed by atoms with Crippen LogP contribution in [-0.4, -0.2) is 26.6 Å². The zero-order valence-electron chi connectivity index (χ0n) is 8.27. The van der Waals surface area contributed by atoms with Gasteiger partial charge in [-0.1, -0.05) is 25.6 Å². The van der Waals surface area contributed by atoms with Gasteiger partial charge >= 0.3 is 0 Å². The van der Waals surface area contributed by atoms with Crippen molar-refractivity contribution in [2.24, 2.45) is 18.7 Å². The van der Waals surface area contributed by atoms with Crippen LogP contribution in [0.1, 0.15) is 13.8 Å². The lowest BCUT2D eigenvalue weighted by atomic mass is 10.1. The molecule has 5 heteroatoms. The van der Waals surface area contributed by atoms with E-state index in [2.05, 4.69) is 24.0 Å². The van der Waals surface area contributed by atoms with Crippen LogP contribution in [-0.2, 0) is 7.05 Å². The fourth-order valence-electron chi connectivity index (χ4n) is 0.766. The molecule has 0 aliphatic carbocycles. The molecule has 0 spiro atoms. The Kier molecular flexibility index (Phi) is 3.74. The Morgan fingerprint density at radius 2 is 2.31 bits per heavy atom. The van der Waals surface area contributed by atoms with Gasteiger partial charge in [-0.2, -0.15) is 0 Å². The van der Waals surface area contributed by atoms with E-state index in [9.17, 15) is 0 Å². The van der Waals surface area contributed by atoms with Gasteiger partial charge in [0.1, 0.15) is 6.33 Å². The molecule has 4 nitrogen and oxygen atoms in total. The summed E-state index contributed by atoms with van der Waals surface area (Å²) in [4.78, 5) is 0. The summed E-state index contributed by atoms with van der Waals surface area (Å²) in [6.45, 7) is 4.25. The molecule has 0 saturated heterocycles. The van der Waals surface area contributed by atoms with E-state index in [1.807, 2.05) is 11.6 Å². The van der Waals surface area contributed by atoms with E-state index in [1.54, 1.807) is 18.1 Å². The maximum atomic E-state index is 5.90. The molecule has 0 saturated carbocycles. The molecule has 1 aromatic rings. The van der Waals surface area contributed by atoms with Gasteiger partial charge in [0, 0.05) is 18.8 Å². The summed E-state index contributed by atoms with van der Waals surface area (Å²) >= 11 is 1.65. The van der Waals surface area contributed by atoms with Gasteiger partial charge in [-0.15, -0.1) is 10.2 Å². The maximum Gasteiger partial charge on any atom is 0.190 e. The first-order chi connectivity index (χ1) is 6.11. The summed E-state index contributed by atoms with van der Waals surface area (Å²) in [6, 6.07) is 0.224. The first-order valence-electron chi connectivity index (χ1n) is 4.33. The van der Waals surface area contributed by atoms with Crippen molar-refractivity contribution >= 4 is 11.8 Å². The van der Waals surface area contributed by atoms with Crippen molar-refractivity contribution in [1.29, 1.82) is 0 Å². The monoisotopic (exact) mass is 200 g/mol. The minimum absolute atomic E-state index is 0.224. The molecular weight excluding hydrogens is 184 g/mol. The van der Waals surface area contributed by atoms with Crippen LogP contribution in [0, 0.1) is 5.92 Å². The summed E-state index contributed by atoms with van der Waals surface area (Å²) in [7, 11) is 1.93. The van der Waals surface area contributed by atoms with Crippen molar-refractivity contribution in [2.75, 3.05) is 5.75 Å². The maximum absolute atomic E-state index is 5.90. The number of nitrogens with zero attached hydrogens (tertiary/aromatic N) is 3. The molecule has 0 fully saturated rings. The summed E-state index contributed by atoms with van der Waals surface area (Å²) in [5, 5.41) is 8.69. The predicted octanol–water partition coefficient (Wildman–Crippen LogP) is 0.890. The number of hydrogen-bond donors (Lipinski definition) is 1. The van der Waals surface area contributed by atoms with E-state index >= 15 is 0 Å². The zero-order chi connectivity index (χ0) is 9.84. The third kappa shape index (κ3) is 3.00. The SMILES string of the molecule is CC(C)[C@@H](N)CSc1nncn1C. The van der Waals surface area contributed by atoms with Gasteiger partial charge in [0.2, 0.25) is 0 Å². The lowest BCUT2D eigenvalue weighted by Gasteiger charge is -2.13. The Morgan fingerprint density at radius 1 is 1.62 bits per heavy atom. The standard InChI is InChI=1S/C8H16N4S/c1-6(2)7(9)4-13-8-11-10-5-12(8)3/h5-7H,4,9H2,1-3H3/t7-/m0/s1. The number of rotatable bonds is 4. The highest BCUT2D eigenvalue weighted by Gasteiger charge is 2.09. The molecule has 13 heavy (non-hydrogen) atoms. The molecular formula is C8H16N4S. The van der Waals surface area contributed by atoms with Crippen LogP contribution >= 0.6 is 11.8 Å². The molecule has 0 bridgehead atoms. The smallest absolute Gasteiger partial charge is 0.190 e. The van der Waals surface area contributed by atoms with Crippen molar-refractivity contribution < 1.29 is 0 Å². The molecule has 0 aliphatic heterocycles. The molecule has 0 amide bonds. The van der Waals surface area contributed by atoms with E-state index in [0.717, 1.165) is 10.9 Å². The molecule has 0 unspecified atom stereocenters. The van der Waals surface area contributed by atoms with Crippen molar-refractivity contribution in [3.63, 3.8) is 0 Å². The second kappa shape index (κ2) is 4.62. The number of aromatic nitrogens is 3. The lowest BCUT2D eigenvalue weighted by molar-refractivity contribution is 0.535. The molecule has 0 aliphatic rings. The quantitative estimate of drug-likeness (QED) is 0.733. The van der Waals surface area contributed by atoms with Crippen LogP contribution in [0.5, 0.6) is 0 Å². The Labute approximate surface area is 82.9 Å². The fourth-order valence-corrected chi connectivity index (χ4v) is 1.85.